The first-order chi connectivity index (χ1) is 11.5. The number of nitrogens with two attached hydrogens (primary N) is 1. The van der Waals surface area contributed by atoms with Gasteiger partial charge in [0.2, 0.25) is 5.91 Å². The monoisotopic (exact) mass is 346 g/mol. The summed E-state index contributed by atoms with van der Waals surface area (Å²) in [4.78, 5) is 35.8. The number of thioether (sulfide) groups is 1. The summed E-state index contributed by atoms with van der Waals surface area (Å²) in [5.74, 6) is 1.95. The molecule has 1 saturated heterocycles. The van der Waals surface area contributed by atoms with E-state index in [2.05, 4.69) is 5.92 Å². The van der Waals surface area contributed by atoms with Crippen LogP contribution >= 0.6 is 11.8 Å². The number of methoxy groups -OCH3 is 1. The summed E-state index contributed by atoms with van der Waals surface area (Å²) < 4.78 is 10.5. The second-order valence-electron chi connectivity index (χ2n) is 4.64. The molecule has 0 radical (unpaired) electrons. The lowest BCUT2D eigenvalue weighted by atomic mass is 10.2. The number of primary amides is 1. The molecule has 0 atom stereocenters. The minimum absolute atomic E-state index is 0.0989. The van der Waals surface area contributed by atoms with Gasteiger partial charge in [-0.25, -0.2) is 0 Å². The lowest BCUT2D eigenvalue weighted by molar-refractivity contribution is -0.127. The molecule has 0 unspecified atom stereocenters. The normalized spacial score (nSPS) is 15.5. The van der Waals surface area contributed by atoms with Crippen LogP contribution in [0.15, 0.2) is 23.1 Å². The third-order valence-corrected chi connectivity index (χ3v) is 3.89. The quantitative estimate of drug-likeness (QED) is 0.614. The summed E-state index contributed by atoms with van der Waals surface area (Å²) in [7, 11) is 1.47. The minimum Gasteiger partial charge on any atom is -0.493 e. The van der Waals surface area contributed by atoms with Crippen molar-refractivity contribution in [3.8, 4) is 23.8 Å². The fraction of sp³-hybridized carbons (Fsp3) is 0.188. The third-order valence-electron chi connectivity index (χ3n) is 2.98. The van der Waals surface area contributed by atoms with Gasteiger partial charge in [0.05, 0.1) is 12.0 Å². The van der Waals surface area contributed by atoms with Gasteiger partial charge in [-0.1, -0.05) is 12.0 Å². The Kier molecular flexibility index (Phi) is 5.50. The van der Waals surface area contributed by atoms with Gasteiger partial charge in [-0.2, -0.15) is 0 Å². The van der Waals surface area contributed by atoms with Gasteiger partial charge in [-0.3, -0.25) is 19.3 Å². The lowest BCUT2D eigenvalue weighted by Gasteiger charge is -2.10. The molecule has 0 saturated carbocycles. The Balaban J connectivity index is 2.25. The van der Waals surface area contributed by atoms with Crippen molar-refractivity contribution in [3.63, 3.8) is 0 Å². The molecule has 1 aliphatic rings. The van der Waals surface area contributed by atoms with Gasteiger partial charge in [0.25, 0.3) is 11.1 Å². The third kappa shape index (κ3) is 3.88. The van der Waals surface area contributed by atoms with Gasteiger partial charge >= 0.3 is 0 Å². The molecule has 1 aromatic rings. The van der Waals surface area contributed by atoms with Crippen LogP contribution in [0.3, 0.4) is 0 Å². The average molecular weight is 346 g/mol. The maximum Gasteiger partial charge on any atom is 0.294 e. The Labute approximate surface area is 142 Å². The van der Waals surface area contributed by atoms with Gasteiger partial charge in [0, 0.05) is 0 Å². The van der Waals surface area contributed by atoms with Crippen LogP contribution < -0.4 is 15.2 Å². The van der Waals surface area contributed by atoms with Crippen molar-refractivity contribution in [1.82, 2.24) is 4.90 Å². The van der Waals surface area contributed by atoms with E-state index in [-0.39, 0.29) is 11.5 Å². The fourth-order valence-electron chi connectivity index (χ4n) is 1.96. The van der Waals surface area contributed by atoms with Crippen LogP contribution in [-0.4, -0.2) is 42.2 Å². The second kappa shape index (κ2) is 7.57. The molecule has 0 aliphatic carbocycles. The topological polar surface area (TPSA) is 98.9 Å². The molecule has 3 amide bonds. The van der Waals surface area contributed by atoms with Crippen LogP contribution in [0.1, 0.15) is 5.56 Å². The second-order valence-corrected chi connectivity index (χ2v) is 5.63. The first-order valence-corrected chi connectivity index (χ1v) is 7.56. The van der Waals surface area contributed by atoms with Gasteiger partial charge in [-0.05, 0) is 35.5 Å². The molecule has 1 fully saturated rings. The van der Waals surface area contributed by atoms with Crippen LogP contribution in [0.25, 0.3) is 6.08 Å². The molecule has 2 N–H and O–H groups in total. The number of hydrogen-bond acceptors (Lipinski definition) is 6. The molecule has 0 aromatic heterocycles. The van der Waals surface area contributed by atoms with Crippen LogP contribution in [0.5, 0.6) is 11.5 Å². The lowest BCUT2D eigenvalue weighted by Crippen LogP contribution is -2.36. The SMILES string of the molecule is C#CCOc1ccc(/C=C2\SC(=O)N(CC(N)=O)C2=O)cc1OC. The molecule has 24 heavy (non-hydrogen) atoms. The summed E-state index contributed by atoms with van der Waals surface area (Å²) in [5.41, 5.74) is 5.66. The predicted octanol–water partition coefficient (Wildman–Crippen LogP) is 1.23. The van der Waals surface area contributed by atoms with Gasteiger partial charge in [-0.15, -0.1) is 6.42 Å². The standard InChI is InChI=1S/C16H14N2O5S/c1-3-6-23-11-5-4-10(7-12(11)22-2)8-13-15(20)18(9-14(17)19)16(21)24-13/h1,4-5,7-8H,6,9H2,2H3,(H2,17,19)/b13-8-. The first-order valence-electron chi connectivity index (χ1n) is 6.74. The van der Waals surface area contributed by atoms with Crippen LogP contribution in [-0.2, 0) is 9.59 Å². The number of rotatable bonds is 6. The maximum atomic E-state index is 12.1. The van der Waals surface area contributed by atoms with Crippen LogP contribution in [0.2, 0.25) is 0 Å². The average Bonchev–Trinajstić information content (AvgIpc) is 2.80. The summed E-state index contributed by atoms with van der Waals surface area (Å²) in [6.07, 6.45) is 6.67. The molecule has 1 heterocycles. The molecule has 7 nitrogen and oxygen atoms in total. The van der Waals surface area contributed by atoms with E-state index >= 15 is 0 Å². The molecule has 124 valence electrons. The predicted molar refractivity (Wildman–Crippen MR) is 89.2 cm³/mol. The molecule has 2 rings (SSSR count). The largest absolute Gasteiger partial charge is 0.493 e. The Morgan fingerprint density at radius 1 is 1.42 bits per heavy atom. The first kappa shape index (κ1) is 17.4. The Morgan fingerprint density at radius 2 is 2.17 bits per heavy atom. The highest BCUT2D eigenvalue weighted by Crippen LogP contribution is 2.34. The fourth-order valence-corrected chi connectivity index (χ4v) is 2.79. The summed E-state index contributed by atoms with van der Waals surface area (Å²) in [5, 5.41) is -0.536. The van der Waals surface area contributed by atoms with Crippen molar-refractivity contribution in [2.45, 2.75) is 0 Å². The van der Waals surface area contributed by atoms with Crippen molar-refractivity contribution >= 4 is 34.9 Å². The van der Waals surface area contributed by atoms with Gasteiger partial charge in [0.1, 0.15) is 13.2 Å². The summed E-state index contributed by atoms with van der Waals surface area (Å²) in [6.45, 7) is -0.341. The van der Waals surface area contributed by atoms with E-state index < -0.39 is 23.6 Å². The highest BCUT2D eigenvalue weighted by atomic mass is 32.2. The van der Waals surface area contributed by atoms with E-state index in [9.17, 15) is 14.4 Å². The highest BCUT2D eigenvalue weighted by molar-refractivity contribution is 8.18. The Morgan fingerprint density at radius 3 is 2.79 bits per heavy atom. The maximum absolute atomic E-state index is 12.1. The number of imide groups is 1. The van der Waals surface area contributed by atoms with Crippen molar-refractivity contribution in [1.29, 1.82) is 0 Å². The summed E-state index contributed by atoms with van der Waals surface area (Å²) in [6, 6.07) is 4.99. The number of carbonyl (C=O) groups is 3. The van der Waals surface area contributed by atoms with E-state index in [1.807, 2.05) is 0 Å². The van der Waals surface area contributed by atoms with Crippen molar-refractivity contribution in [2.24, 2.45) is 5.73 Å². The van der Waals surface area contributed by atoms with E-state index in [4.69, 9.17) is 21.6 Å². The van der Waals surface area contributed by atoms with Crippen molar-refractivity contribution < 1.29 is 23.9 Å². The minimum atomic E-state index is -0.754. The molecule has 0 bridgehead atoms. The number of benzene rings is 1. The highest BCUT2D eigenvalue weighted by Gasteiger charge is 2.35. The van der Waals surface area contributed by atoms with Crippen LogP contribution in [0.4, 0.5) is 4.79 Å². The number of amides is 3. The van der Waals surface area contributed by atoms with E-state index in [1.165, 1.54) is 13.2 Å². The van der Waals surface area contributed by atoms with E-state index in [0.29, 0.717) is 17.1 Å². The van der Waals surface area contributed by atoms with E-state index in [0.717, 1.165) is 16.7 Å². The zero-order valence-corrected chi connectivity index (χ0v) is 13.6. The van der Waals surface area contributed by atoms with Crippen molar-refractivity contribution in [3.05, 3.63) is 28.7 Å². The van der Waals surface area contributed by atoms with Crippen LogP contribution in [0, 0.1) is 12.3 Å². The molecule has 8 heteroatoms. The molecule has 0 spiro atoms. The number of hydrogen-bond donors (Lipinski definition) is 1. The molecule has 1 aromatic carbocycles. The molecule has 1 aliphatic heterocycles. The number of ether oxygens (including phenoxy) is 2. The molecular formula is C16H14N2O5S. The Hall–Kier alpha value is -2.92. The zero-order valence-electron chi connectivity index (χ0n) is 12.8. The van der Waals surface area contributed by atoms with Gasteiger partial charge < -0.3 is 15.2 Å². The number of carbonyl (C=O) groups excluding carboxylic acids is 3. The smallest absolute Gasteiger partial charge is 0.294 e. The molecular weight excluding hydrogens is 332 g/mol. The zero-order chi connectivity index (χ0) is 17.7. The van der Waals surface area contributed by atoms with Gasteiger partial charge in [0.15, 0.2) is 11.5 Å². The number of nitrogens with zero attached hydrogens (tertiary/aromatic N) is 1. The van der Waals surface area contributed by atoms with E-state index in [1.54, 1.807) is 18.2 Å². The summed E-state index contributed by atoms with van der Waals surface area (Å²) >= 11 is 0.742. The van der Waals surface area contributed by atoms with Crippen molar-refractivity contribution in [2.75, 3.05) is 20.3 Å². The number of terminal acetylenes is 1. The Bertz CT molecular complexity index is 766.